The average molecular weight is 430 g/mol. The van der Waals surface area contributed by atoms with E-state index in [0.717, 1.165) is 0 Å². The van der Waals surface area contributed by atoms with Gasteiger partial charge in [0, 0.05) is 16.6 Å². The molecule has 2 N–H and O–H groups in total. The summed E-state index contributed by atoms with van der Waals surface area (Å²) in [5.74, 6) is 0.528. The van der Waals surface area contributed by atoms with E-state index in [9.17, 15) is 9.59 Å². The molecule has 0 saturated heterocycles. The Morgan fingerprint density at radius 1 is 0.844 bits per heavy atom. The zero-order valence-electron chi connectivity index (χ0n) is 17.7. The Morgan fingerprint density at radius 3 is 2.22 bits per heavy atom. The number of carbonyl (C=O) groups excluding carboxylic acids is 2. The molecule has 162 valence electrons. The van der Waals surface area contributed by atoms with E-state index in [1.165, 1.54) is 0 Å². The number of hydrogen-bond acceptors (Lipinski definition) is 5. The molecule has 3 aromatic carbocycles. The molecule has 0 aliphatic rings. The van der Waals surface area contributed by atoms with Crippen LogP contribution >= 0.6 is 0 Å². The van der Waals surface area contributed by atoms with Crippen LogP contribution in [0, 0.1) is 0 Å². The summed E-state index contributed by atoms with van der Waals surface area (Å²) in [6, 6.07) is 20.8. The van der Waals surface area contributed by atoms with E-state index >= 15 is 0 Å². The fourth-order valence-electron chi connectivity index (χ4n) is 3.25. The van der Waals surface area contributed by atoms with Gasteiger partial charge in [0.15, 0.2) is 0 Å². The number of amides is 2. The van der Waals surface area contributed by atoms with Crippen LogP contribution in [-0.4, -0.2) is 25.5 Å². The zero-order chi connectivity index (χ0) is 22.5. The Balaban J connectivity index is 1.62. The summed E-state index contributed by atoms with van der Waals surface area (Å²) in [6.07, 6.45) is 0. The standard InChI is InChI=1S/C25H22N2O5/c1-3-31-19-12-8-16(9-13-19)24(28)27-22-20-6-4-5-7-21(20)32-23(22)25(29)26-17-10-14-18(30-2)15-11-17/h4-15H,3H2,1-2H3,(H,26,29)(H,27,28). The van der Waals surface area contributed by atoms with Crippen LogP contribution in [0.5, 0.6) is 11.5 Å². The van der Waals surface area contributed by atoms with Gasteiger partial charge in [-0.25, -0.2) is 0 Å². The van der Waals surface area contributed by atoms with Gasteiger partial charge in [-0.2, -0.15) is 0 Å². The first-order chi connectivity index (χ1) is 15.6. The summed E-state index contributed by atoms with van der Waals surface area (Å²) in [7, 11) is 1.57. The van der Waals surface area contributed by atoms with Crippen molar-refractivity contribution in [1.82, 2.24) is 0 Å². The molecule has 0 fully saturated rings. The smallest absolute Gasteiger partial charge is 0.293 e. The molecule has 1 heterocycles. The first-order valence-corrected chi connectivity index (χ1v) is 10.1. The third kappa shape index (κ3) is 4.41. The number of hydrogen-bond donors (Lipinski definition) is 2. The second-order valence-corrected chi connectivity index (χ2v) is 6.90. The number of ether oxygens (including phenoxy) is 2. The molecular formula is C25H22N2O5. The van der Waals surface area contributed by atoms with Gasteiger partial charge in [-0.05, 0) is 67.6 Å². The number of fused-ring (bicyclic) bond motifs is 1. The molecule has 0 aliphatic carbocycles. The van der Waals surface area contributed by atoms with Gasteiger partial charge in [-0.3, -0.25) is 9.59 Å². The van der Waals surface area contributed by atoms with E-state index in [0.29, 0.717) is 46.0 Å². The Kier molecular flexibility index (Phi) is 6.07. The lowest BCUT2D eigenvalue weighted by Crippen LogP contribution is -2.17. The molecule has 0 unspecified atom stereocenters. The van der Waals surface area contributed by atoms with Crippen molar-refractivity contribution >= 4 is 34.2 Å². The highest BCUT2D eigenvalue weighted by Crippen LogP contribution is 2.32. The van der Waals surface area contributed by atoms with Crippen molar-refractivity contribution in [2.24, 2.45) is 0 Å². The van der Waals surface area contributed by atoms with Gasteiger partial charge in [0.25, 0.3) is 11.8 Å². The van der Waals surface area contributed by atoms with Crippen LogP contribution in [0.4, 0.5) is 11.4 Å². The minimum absolute atomic E-state index is 0.0151. The van der Waals surface area contributed by atoms with Crippen molar-refractivity contribution in [3.8, 4) is 11.5 Å². The monoisotopic (exact) mass is 430 g/mol. The van der Waals surface area contributed by atoms with Crippen LogP contribution in [0.3, 0.4) is 0 Å². The summed E-state index contributed by atoms with van der Waals surface area (Å²) in [5.41, 5.74) is 1.81. The topological polar surface area (TPSA) is 89.8 Å². The molecular weight excluding hydrogens is 408 g/mol. The maximum absolute atomic E-state index is 13.0. The lowest BCUT2D eigenvalue weighted by atomic mass is 10.1. The first-order valence-electron chi connectivity index (χ1n) is 10.1. The highest BCUT2D eigenvalue weighted by molar-refractivity contribution is 6.16. The number of anilines is 2. The van der Waals surface area contributed by atoms with Crippen LogP contribution in [0.15, 0.2) is 77.2 Å². The molecule has 0 aliphatic heterocycles. The molecule has 1 aromatic heterocycles. The molecule has 4 rings (SSSR count). The van der Waals surface area contributed by atoms with Gasteiger partial charge in [-0.1, -0.05) is 12.1 Å². The fourth-order valence-corrected chi connectivity index (χ4v) is 3.25. The molecule has 0 saturated carbocycles. The van der Waals surface area contributed by atoms with Crippen LogP contribution in [0.25, 0.3) is 11.0 Å². The van der Waals surface area contributed by atoms with Crippen molar-refractivity contribution < 1.29 is 23.5 Å². The summed E-state index contributed by atoms with van der Waals surface area (Å²) in [4.78, 5) is 25.9. The lowest BCUT2D eigenvalue weighted by molar-refractivity contribution is 0.0999. The van der Waals surface area contributed by atoms with Crippen molar-refractivity contribution in [3.63, 3.8) is 0 Å². The quantitative estimate of drug-likeness (QED) is 0.413. The molecule has 2 amide bonds. The molecule has 4 aromatic rings. The molecule has 7 heteroatoms. The van der Waals surface area contributed by atoms with E-state index in [-0.39, 0.29) is 11.7 Å². The van der Waals surface area contributed by atoms with Crippen molar-refractivity contribution in [2.75, 3.05) is 24.4 Å². The summed E-state index contributed by atoms with van der Waals surface area (Å²) < 4.78 is 16.4. The summed E-state index contributed by atoms with van der Waals surface area (Å²) >= 11 is 0. The number of furan rings is 1. The van der Waals surface area contributed by atoms with E-state index in [1.807, 2.05) is 13.0 Å². The Labute approximate surface area is 184 Å². The van der Waals surface area contributed by atoms with E-state index in [4.69, 9.17) is 13.9 Å². The molecule has 0 bridgehead atoms. The Hall–Kier alpha value is -4.26. The number of rotatable bonds is 7. The predicted octanol–water partition coefficient (Wildman–Crippen LogP) is 5.34. The van der Waals surface area contributed by atoms with Gasteiger partial charge in [-0.15, -0.1) is 0 Å². The molecule has 0 atom stereocenters. The molecule has 0 spiro atoms. The second-order valence-electron chi connectivity index (χ2n) is 6.90. The number of carbonyl (C=O) groups is 2. The van der Waals surface area contributed by atoms with Crippen LogP contribution in [0.1, 0.15) is 27.8 Å². The van der Waals surface area contributed by atoms with Crippen LogP contribution in [-0.2, 0) is 0 Å². The van der Waals surface area contributed by atoms with Crippen molar-refractivity contribution in [2.45, 2.75) is 6.92 Å². The second kappa shape index (κ2) is 9.26. The minimum Gasteiger partial charge on any atom is -0.497 e. The summed E-state index contributed by atoms with van der Waals surface area (Å²) in [6.45, 7) is 2.43. The van der Waals surface area contributed by atoms with Crippen molar-refractivity contribution in [1.29, 1.82) is 0 Å². The third-order valence-corrected chi connectivity index (χ3v) is 4.82. The number of para-hydroxylation sites is 1. The van der Waals surface area contributed by atoms with Gasteiger partial charge in [0.2, 0.25) is 5.76 Å². The Bertz CT molecular complexity index is 1240. The van der Waals surface area contributed by atoms with Crippen LogP contribution in [0.2, 0.25) is 0 Å². The zero-order valence-corrected chi connectivity index (χ0v) is 17.7. The maximum atomic E-state index is 13.0. The highest BCUT2D eigenvalue weighted by Gasteiger charge is 2.23. The molecule has 7 nitrogen and oxygen atoms in total. The van der Waals surface area contributed by atoms with E-state index in [1.54, 1.807) is 73.8 Å². The molecule has 32 heavy (non-hydrogen) atoms. The maximum Gasteiger partial charge on any atom is 0.293 e. The highest BCUT2D eigenvalue weighted by atomic mass is 16.5. The minimum atomic E-state index is -0.478. The van der Waals surface area contributed by atoms with Crippen molar-refractivity contribution in [3.05, 3.63) is 84.1 Å². The third-order valence-electron chi connectivity index (χ3n) is 4.82. The lowest BCUT2D eigenvalue weighted by Gasteiger charge is -2.09. The van der Waals surface area contributed by atoms with Gasteiger partial charge in [0.1, 0.15) is 22.8 Å². The van der Waals surface area contributed by atoms with E-state index < -0.39 is 5.91 Å². The normalized spacial score (nSPS) is 10.6. The average Bonchev–Trinajstić information content (AvgIpc) is 3.19. The molecule has 0 radical (unpaired) electrons. The van der Waals surface area contributed by atoms with Gasteiger partial charge >= 0.3 is 0 Å². The van der Waals surface area contributed by atoms with Crippen LogP contribution < -0.4 is 20.1 Å². The van der Waals surface area contributed by atoms with E-state index in [2.05, 4.69) is 10.6 Å². The first kappa shape index (κ1) is 21.0. The fraction of sp³-hybridized carbons (Fsp3) is 0.120. The largest absolute Gasteiger partial charge is 0.497 e. The van der Waals surface area contributed by atoms with Gasteiger partial charge in [0.05, 0.1) is 13.7 Å². The predicted molar refractivity (Wildman–Crippen MR) is 123 cm³/mol. The number of nitrogens with one attached hydrogen (secondary N) is 2. The SMILES string of the molecule is CCOc1ccc(C(=O)Nc2c(C(=O)Nc3ccc(OC)cc3)oc3ccccc23)cc1. The summed E-state index contributed by atoms with van der Waals surface area (Å²) in [5, 5.41) is 6.25. The Morgan fingerprint density at radius 2 is 1.53 bits per heavy atom. The number of methoxy groups -OCH3 is 1. The number of benzene rings is 3. The van der Waals surface area contributed by atoms with Gasteiger partial charge < -0.3 is 24.5 Å².